The quantitative estimate of drug-likeness (QED) is 0.595. The van der Waals surface area contributed by atoms with Gasteiger partial charge in [-0.25, -0.2) is 4.79 Å². The van der Waals surface area contributed by atoms with Crippen molar-refractivity contribution in [3.8, 4) is 0 Å². The van der Waals surface area contributed by atoms with E-state index in [0.29, 0.717) is 11.3 Å². The van der Waals surface area contributed by atoms with Gasteiger partial charge >= 0.3 is 5.97 Å². The number of hydrogen-bond acceptors (Lipinski definition) is 4. The highest BCUT2D eigenvalue weighted by Gasteiger charge is 2.30. The number of carbonyl (C=O) groups excluding carboxylic acids is 3. The Morgan fingerprint density at radius 1 is 1.04 bits per heavy atom. The molecular formula is C18H14BrNO4. The highest BCUT2D eigenvalue weighted by molar-refractivity contribution is 9.10. The van der Waals surface area contributed by atoms with Crippen LogP contribution in [0.3, 0.4) is 0 Å². The Hall–Kier alpha value is -2.47. The molecule has 0 spiro atoms. The molecule has 0 atom stereocenters. The average Bonchev–Trinajstić information content (AvgIpc) is 2.92. The van der Waals surface area contributed by atoms with E-state index in [9.17, 15) is 14.4 Å². The maximum absolute atomic E-state index is 12.2. The minimum atomic E-state index is -0.508. The van der Waals surface area contributed by atoms with E-state index in [1.165, 1.54) is 6.07 Å². The molecule has 0 aliphatic carbocycles. The molecule has 0 aromatic heterocycles. The van der Waals surface area contributed by atoms with E-state index in [2.05, 4.69) is 15.9 Å². The first-order valence-electron chi connectivity index (χ1n) is 7.42. The van der Waals surface area contributed by atoms with Crippen molar-refractivity contribution < 1.29 is 19.1 Å². The molecule has 2 amide bonds. The molecule has 6 heteroatoms. The number of nitrogens with zero attached hydrogens (tertiary/aromatic N) is 1. The molecule has 0 saturated carbocycles. The van der Waals surface area contributed by atoms with Crippen LogP contribution in [-0.2, 0) is 20.9 Å². The summed E-state index contributed by atoms with van der Waals surface area (Å²) in [6.07, 6.45) is 0.408. The van der Waals surface area contributed by atoms with Crippen LogP contribution in [0.4, 0.5) is 5.69 Å². The molecule has 1 saturated heterocycles. The predicted molar refractivity (Wildman–Crippen MR) is 91.4 cm³/mol. The number of imide groups is 1. The maximum atomic E-state index is 12.2. The van der Waals surface area contributed by atoms with Crippen molar-refractivity contribution in [3.05, 3.63) is 64.1 Å². The third-order valence-corrected chi connectivity index (χ3v) is 4.48. The van der Waals surface area contributed by atoms with Crippen molar-refractivity contribution >= 4 is 39.4 Å². The van der Waals surface area contributed by atoms with Gasteiger partial charge < -0.3 is 4.74 Å². The van der Waals surface area contributed by atoms with Gasteiger partial charge in [-0.1, -0.05) is 40.2 Å². The van der Waals surface area contributed by atoms with Crippen molar-refractivity contribution in [2.45, 2.75) is 19.4 Å². The van der Waals surface area contributed by atoms with Gasteiger partial charge in [0, 0.05) is 22.9 Å². The SMILES string of the molecule is O=C(OCc1ccccc1Br)c1cccc(N2C(=O)CCC2=O)c1. The number of benzene rings is 2. The van der Waals surface area contributed by atoms with E-state index < -0.39 is 5.97 Å². The molecule has 1 aliphatic rings. The third-order valence-electron chi connectivity index (χ3n) is 3.71. The van der Waals surface area contributed by atoms with Crippen LogP contribution >= 0.6 is 15.9 Å². The van der Waals surface area contributed by atoms with Gasteiger partial charge in [-0.05, 0) is 24.3 Å². The summed E-state index contributed by atoms with van der Waals surface area (Å²) in [5.41, 5.74) is 1.55. The van der Waals surface area contributed by atoms with Gasteiger partial charge in [-0.2, -0.15) is 0 Å². The summed E-state index contributed by atoms with van der Waals surface area (Å²) in [5, 5.41) is 0. The Bertz CT molecular complexity index is 802. The van der Waals surface area contributed by atoms with Crippen LogP contribution in [0.15, 0.2) is 53.0 Å². The summed E-state index contributed by atoms with van der Waals surface area (Å²) in [4.78, 5) is 36.9. The molecule has 24 heavy (non-hydrogen) atoms. The van der Waals surface area contributed by atoms with E-state index in [1.807, 2.05) is 24.3 Å². The van der Waals surface area contributed by atoms with Crippen molar-refractivity contribution in [2.24, 2.45) is 0 Å². The molecule has 0 N–H and O–H groups in total. The molecule has 1 aliphatic heterocycles. The Morgan fingerprint density at radius 3 is 2.46 bits per heavy atom. The Balaban J connectivity index is 1.74. The molecule has 0 bridgehead atoms. The summed E-state index contributed by atoms with van der Waals surface area (Å²) in [7, 11) is 0. The van der Waals surface area contributed by atoms with Crippen molar-refractivity contribution in [1.82, 2.24) is 0 Å². The van der Waals surface area contributed by atoms with Gasteiger partial charge in [-0.3, -0.25) is 14.5 Å². The smallest absolute Gasteiger partial charge is 0.338 e. The average molecular weight is 388 g/mol. The zero-order chi connectivity index (χ0) is 17.1. The zero-order valence-corrected chi connectivity index (χ0v) is 14.3. The number of ether oxygens (including phenoxy) is 1. The summed E-state index contributed by atoms with van der Waals surface area (Å²) >= 11 is 3.40. The number of rotatable bonds is 4. The van der Waals surface area contributed by atoms with E-state index in [1.54, 1.807) is 18.2 Å². The second-order valence-electron chi connectivity index (χ2n) is 5.34. The Kier molecular flexibility index (Phi) is 4.76. The van der Waals surface area contributed by atoms with Gasteiger partial charge in [-0.15, -0.1) is 0 Å². The van der Waals surface area contributed by atoms with Gasteiger partial charge in [0.05, 0.1) is 11.3 Å². The topological polar surface area (TPSA) is 63.7 Å². The van der Waals surface area contributed by atoms with Crippen LogP contribution in [0.25, 0.3) is 0 Å². The number of anilines is 1. The van der Waals surface area contributed by atoms with Crippen LogP contribution in [0.1, 0.15) is 28.8 Å². The second kappa shape index (κ2) is 6.97. The second-order valence-corrected chi connectivity index (χ2v) is 6.20. The lowest BCUT2D eigenvalue weighted by atomic mass is 10.2. The standard InChI is InChI=1S/C18H14BrNO4/c19-15-7-2-1-4-13(15)11-24-18(23)12-5-3-6-14(10-12)20-16(21)8-9-17(20)22/h1-7,10H,8-9,11H2. The Labute approximate surface area is 147 Å². The van der Waals surface area contributed by atoms with E-state index in [0.717, 1.165) is 14.9 Å². The molecule has 5 nitrogen and oxygen atoms in total. The van der Waals surface area contributed by atoms with Crippen molar-refractivity contribution in [1.29, 1.82) is 0 Å². The minimum absolute atomic E-state index is 0.131. The number of halogens is 1. The van der Waals surface area contributed by atoms with Gasteiger partial charge in [0.25, 0.3) is 0 Å². The Morgan fingerprint density at radius 2 is 1.75 bits per heavy atom. The lowest BCUT2D eigenvalue weighted by molar-refractivity contribution is -0.121. The lowest BCUT2D eigenvalue weighted by Crippen LogP contribution is -2.28. The largest absolute Gasteiger partial charge is 0.457 e. The first kappa shape index (κ1) is 16.4. The molecule has 2 aromatic carbocycles. The number of hydrogen-bond donors (Lipinski definition) is 0. The van der Waals surface area contributed by atoms with Gasteiger partial charge in [0.2, 0.25) is 11.8 Å². The third kappa shape index (κ3) is 3.38. The van der Waals surface area contributed by atoms with Crippen LogP contribution in [0.5, 0.6) is 0 Å². The fourth-order valence-corrected chi connectivity index (χ4v) is 2.88. The van der Waals surface area contributed by atoms with Crippen LogP contribution < -0.4 is 4.90 Å². The van der Waals surface area contributed by atoms with Crippen LogP contribution in [0.2, 0.25) is 0 Å². The number of amides is 2. The van der Waals surface area contributed by atoms with E-state index in [-0.39, 0.29) is 31.3 Å². The first-order valence-corrected chi connectivity index (χ1v) is 8.22. The highest BCUT2D eigenvalue weighted by atomic mass is 79.9. The molecule has 0 radical (unpaired) electrons. The van der Waals surface area contributed by atoms with E-state index in [4.69, 9.17) is 4.74 Å². The summed E-state index contributed by atoms with van der Waals surface area (Å²) in [6, 6.07) is 13.8. The molecular weight excluding hydrogens is 374 g/mol. The van der Waals surface area contributed by atoms with Gasteiger partial charge in [0.1, 0.15) is 6.61 Å². The lowest BCUT2D eigenvalue weighted by Gasteiger charge is -2.14. The highest BCUT2D eigenvalue weighted by Crippen LogP contribution is 2.24. The molecule has 2 aromatic rings. The number of esters is 1. The van der Waals surface area contributed by atoms with Gasteiger partial charge in [0.15, 0.2) is 0 Å². The van der Waals surface area contributed by atoms with Crippen molar-refractivity contribution in [3.63, 3.8) is 0 Å². The summed E-state index contributed by atoms with van der Waals surface area (Å²) < 4.78 is 6.17. The first-order chi connectivity index (χ1) is 11.6. The predicted octanol–water partition coefficient (Wildman–Crippen LogP) is 3.46. The number of carbonyl (C=O) groups is 3. The molecule has 0 unspecified atom stereocenters. The van der Waals surface area contributed by atoms with Crippen LogP contribution in [0, 0.1) is 0 Å². The van der Waals surface area contributed by atoms with Crippen LogP contribution in [-0.4, -0.2) is 17.8 Å². The molecule has 1 fully saturated rings. The summed E-state index contributed by atoms with van der Waals surface area (Å²) in [5.74, 6) is -1.01. The van der Waals surface area contributed by atoms with Crippen molar-refractivity contribution in [2.75, 3.05) is 4.90 Å². The minimum Gasteiger partial charge on any atom is -0.457 e. The normalized spacial score (nSPS) is 14.1. The molecule has 1 heterocycles. The monoisotopic (exact) mass is 387 g/mol. The fraction of sp³-hybridized carbons (Fsp3) is 0.167. The summed E-state index contributed by atoms with van der Waals surface area (Å²) in [6.45, 7) is 0.131. The maximum Gasteiger partial charge on any atom is 0.338 e. The fourth-order valence-electron chi connectivity index (χ4n) is 2.48. The zero-order valence-electron chi connectivity index (χ0n) is 12.7. The van der Waals surface area contributed by atoms with E-state index >= 15 is 0 Å². The molecule has 122 valence electrons. The molecule has 3 rings (SSSR count).